The molecule has 1 rings (SSSR count). The van der Waals surface area contributed by atoms with E-state index in [9.17, 15) is 13.2 Å². The fourth-order valence-electron chi connectivity index (χ4n) is 0.822. The summed E-state index contributed by atoms with van der Waals surface area (Å²) < 4.78 is 36.3. The predicted molar refractivity (Wildman–Crippen MR) is 35.2 cm³/mol. The van der Waals surface area contributed by atoms with Crippen LogP contribution < -0.4 is 0 Å². The van der Waals surface area contributed by atoms with Crippen molar-refractivity contribution >= 4 is 0 Å². The number of hydrogen-bond acceptors (Lipinski definition) is 2. The van der Waals surface area contributed by atoms with Crippen molar-refractivity contribution in [3.8, 4) is 0 Å². The minimum Gasteiger partial charge on any atom is -0.390 e. The van der Waals surface area contributed by atoms with Gasteiger partial charge in [-0.25, -0.2) is 0 Å². The summed E-state index contributed by atoms with van der Waals surface area (Å²) in [5.74, 6) is 0. The van der Waals surface area contributed by atoms with E-state index in [4.69, 9.17) is 5.11 Å². The van der Waals surface area contributed by atoms with Crippen LogP contribution >= 0.6 is 0 Å². The van der Waals surface area contributed by atoms with E-state index < -0.39 is 18.3 Å². The minimum absolute atomic E-state index is 0.343. The highest BCUT2D eigenvalue weighted by atomic mass is 19.4. The predicted octanol–water partition coefficient (Wildman–Crippen LogP) is 1.59. The second-order valence-corrected chi connectivity index (χ2v) is 2.15. The Balaban J connectivity index is 3.14. The van der Waals surface area contributed by atoms with E-state index in [1.54, 1.807) is 0 Å². The van der Waals surface area contributed by atoms with Crippen LogP contribution in [0, 0.1) is 0 Å². The van der Waals surface area contributed by atoms with Gasteiger partial charge in [0.05, 0.1) is 17.9 Å². The Hall–Kier alpha value is -1.10. The third-order valence-electron chi connectivity index (χ3n) is 1.35. The van der Waals surface area contributed by atoms with Gasteiger partial charge in [-0.1, -0.05) is 0 Å². The summed E-state index contributed by atoms with van der Waals surface area (Å²) in [7, 11) is 0. The van der Waals surface area contributed by atoms with Gasteiger partial charge in [0.15, 0.2) is 0 Å². The molecule has 0 radical (unpaired) electrons. The molecular weight excluding hydrogens is 171 g/mol. The largest absolute Gasteiger partial charge is 0.418 e. The second kappa shape index (κ2) is 3.10. The van der Waals surface area contributed by atoms with Gasteiger partial charge in [0.1, 0.15) is 0 Å². The number of alkyl halides is 3. The molecule has 0 aliphatic carbocycles. The number of nitrogens with zero attached hydrogens (tertiary/aromatic N) is 1. The molecule has 1 heterocycles. The molecule has 0 aliphatic rings. The molecule has 5 heteroatoms. The molecule has 0 bridgehead atoms. The van der Waals surface area contributed by atoms with Crippen LogP contribution in [0.5, 0.6) is 0 Å². The zero-order valence-electron chi connectivity index (χ0n) is 5.97. The van der Waals surface area contributed by atoms with E-state index in [0.717, 1.165) is 6.07 Å². The molecule has 66 valence electrons. The van der Waals surface area contributed by atoms with Gasteiger partial charge < -0.3 is 5.11 Å². The number of aliphatic hydroxyl groups excluding tert-OH is 1. The molecule has 0 fully saturated rings. The van der Waals surface area contributed by atoms with E-state index in [1.165, 1.54) is 12.3 Å². The summed E-state index contributed by atoms with van der Waals surface area (Å²) in [6, 6.07) is 2.07. The van der Waals surface area contributed by atoms with Crippen LogP contribution in [0.3, 0.4) is 0 Å². The van der Waals surface area contributed by atoms with E-state index in [2.05, 4.69) is 4.98 Å². The van der Waals surface area contributed by atoms with Gasteiger partial charge in [-0.05, 0) is 12.1 Å². The Morgan fingerprint density at radius 1 is 1.42 bits per heavy atom. The van der Waals surface area contributed by atoms with E-state index in [0.29, 0.717) is 0 Å². The minimum atomic E-state index is -4.44. The fourth-order valence-corrected chi connectivity index (χ4v) is 0.822. The van der Waals surface area contributed by atoms with Crippen molar-refractivity contribution in [1.82, 2.24) is 4.98 Å². The van der Waals surface area contributed by atoms with Crippen molar-refractivity contribution < 1.29 is 18.3 Å². The van der Waals surface area contributed by atoms with E-state index >= 15 is 0 Å². The molecule has 0 unspecified atom stereocenters. The van der Waals surface area contributed by atoms with Crippen molar-refractivity contribution in [2.45, 2.75) is 12.8 Å². The summed E-state index contributed by atoms with van der Waals surface area (Å²) in [5, 5.41) is 8.52. The van der Waals surface area contributed by atoms with Crippen LogP contribution in [-0.2, 0) is 12.8 Å². The van der Waals surface area contributed by atoms with Crippen LogP contribution in [0.2, 0.25) is 0 Å². The van der Waals surface area contributed by atoms with Crippen molar-refractivity contribution in [3.63, 3.8) is 0 Å². The summed E-state index contributed by atoms with van der Waals surface area (Å²) in [6.45, 7) is -0.699. The van der Waals surface area contributed by atoms with Crippen molar-refractivity contribution in [2.75, 3.05) is 0 Å². The highest BCUT2D eigenvalue weighted by Gasteiger charge is 2.33. The molecule has 1 aromatic rings. The first kappa shape index (κ1) is 8.99. The molecule has 1 aromatic heterocycles. The van der Waals surface area contributed by atoms with Crippen molar-refractivity contribution in [1.29, 1.82) is 0 Å². The first-order chi connectivity index (χ1) is 5.55. The SMILES string of the molecule is OCc1ncccc1C(F)(F)F. The van der Waals surface area contributed by atoms with Crippen LogP contribution in [0.4, 0.5) is 13.2 Å². The first-order valence-electron chi connectivity index (χ1n) is 3.17. The lowest BCUT2D eigenvalue weighted by atomic mass is 10.2. The van der Waals surface area contributed by atoms with Gasteiger partial charge in [0.25, 0.3) is 0 Å². The quantitative estimate of drug-likeness (QED) is 0.706. The molecule has 1 N–H and O–H groups in total. The summed E-state index contributed by atoms with van der Waals surface area (Å²) >= 11 is 0. The van der Waals surface area contributed by atoms with Gasteiger partial charge >= 0.3 is 6.18 Å². The van der Waals surface area contributed by atoms with E-state index in [1.807, 2.05) is 0 Å². The van der Waals surface area contributed by atoms with Crippen LogP contribution in [0.15, 0.2) is 18.3 Å². The number of aromatic nitrogens is 1. The van der Waals surface area contributed by atoms with Gasteiger partial charge in [0.2, 0.25) is 0 Å². The third-order valence-corrected chi connectivity index (χ3v) is 1.35. The fraction of sp³-hybridized carbons (Fsp3) is 0.286. The van der Waals surface area contributed by atoms with Gasteiger partial charge in [-0.2, -0.15) is 13.2 Å². The van der Waals surface area contributed by atoms with Crippen molar-refractivity contribution in [3.05, 3.63) is 29.6 Å². The summed E-state index contributed by atoms with van der Waals surface area (Å²) in [5.41, 5.74) is -1.22. The number of pyridine rings is 1. The Bertz CT molecular complexity index is 272. The average Bonchev–Trinajstić information content (AvgIpc) is 2.03. The topological polar surface area (TPSA) is 33.1 Å². The highest BCUT2D eigenvalue weighted by molar-refractivity contribution is 5.22. The lowest BCUT2D eigenvalue weighted by molar-refractivity contribution is -0.139. The number of hydrogen-bond donors (Lipinski definition) is 1. The summed E-state index contributed by atoms with van der Waals surface area (Å²) in [6.07, 6.45) is -3.23. The maximum Gasteiger partial charge on any atom is 0.418 e. The molecule has 2 nitrogen and oxygen atoms in total. The maximum absolute atomic E-state index is 12.1. The molecule has 0 spiro atoms. The number of halogens is 3. The summed E-state index contributed by atoms with van der Waals surface area (Å²) in [4.78, 5) is 3.39. The van der Waals surface area contributed by atoms with Crippen LogP contribution in [0.1, 0.15) is 11.3 Å². The normalized spacial score (nSPS) is 11.7. The monoisotopic (exact) mass is 177 g/mol. The van der Waals surface area contributed by atoms with E-state index in [-0.39, 0.29) is 5.69 Å². The highest BCUT2D eigenvalue weighted by Crippen LogP contribution is 2.30. The zero-order chi connectivity index (χ0) is 9.19. The molecule has 0 atom stereocenters. The molecule has 0 saturated carbocycles. The molecule has 12 heavy (non-hydrogen) atoms. The Kier molecular flexibility index (Phi) is 2.32. The molecule has 0 aliphatic heterocycles. The Morgan fingerprint density at radius 2 is 2.08 bits per heavy atom. The third kappa shape index (κ3) is 1.73. The van der Waals surface area contributed by atoms with Crippen molar-refractivity contribution in [2.24, 2.45) is 0 Å². The molecule has 0 aromatic carbocycles. The number of aliphatic hydroxyl groups is 1. The molecule has 0 saturated heterocycles. The second-order valence-electron chi connectivity index (χ2n) is 2.15. The lowest BCUT2D eigenvalue weighted by Crippen LogP contribution is -2.10. The smallest absolute Gasteiger partial charge is 0.390 e. The average molecular weight is 177 g/mol. The standard InChI is InChI=1S/C7H6F3NO/c8-7(9,10)5-2-1-3-11-6(5)4-12/h1-3,12H,4H2. The maximum atomic E-state index is 12.1. The number of rotatable bonds is 1. The van der Waals surface area contributed by atoms with Gasteiger partial charge in [-0.15, -0.1) is 0 Å². The van der Waals surface area contributed by atoms with Gasteiger partial charge in [0, 0.05) is 6.20 Å². The van der Waals surface area contributed by atoms with Gasteiger partial charge in [-0.3, -0.25) is 4.98 Å². The zero-order valence-corrected chi connectivity index (χ0v) is 5.97. The van der Waals surface area contributed by atoms with Crippen LogP contribution in [0.25, 0.3) is 0 Å². The molecule has 0 amide bonds. The van der Waals surface area contributed by atoms with Crippen LogP contribution in [-0.4, -0.2) is 10.1 Å². The Labute approximate surface area is 66.7 Å². The molecular formula is C7H6F3NO. The lowest BCUT2D eigenvalue weighted by Gasteiger charge is -2.08. The Morgan fingerprint density at radius 3 is 2.50 bits per heavy atom. The first-order valence-corrected chi connectivity index (χ1v) is 3.17.